The summed E-state index contributed by atoms with van der Waals surface area (Å²) < 4.78 is 9.30. The van der Waals surface area contributed by atoms with Gasteiger partial charge >= 0.3 is 0 Å². The molecule has 8 heteroatoms. The highest BCUT2D eigenvalue weighted by molar-refractivity contribution is 6.99. The summed E-state index contributed by atoms with van der Waals surface area (Å²) in [5.41, 5.74) is 5.20. The van der Waals surface area contributed by atoms with Gasteiger partial charge in [-0.3, -0.25) is 9.48 Å². The number of hydrogen-bond donors (Lipinski definition) is 0. The highest BCUT2D eigenvalue weighted by Crippen LogP contribution is 2.41. The first-order valence-corrected chi connectivity index (χ1v) is 18.8. The number of carbonyl (C=O) groups is 1. The Morgan fingerprint density at radius 3 is 2.04 bits per heavy atom. The lowest BCUT2D eigenvalue weighted by Crippen LogP contribution is -2.67. The molecule has 0 saturated carbocycles. The lowest BCUT2D eigenvalue weighted by atomic mass is 9.84. The normalized spacial score (nSPS) is 16.6. The molecule has 242 valence electrons. The number of rotatable bonds is 8. The molecule has 0 N–H and O–H groups in total. The molecule has 5 aromatic rings. The van der Waals surface area contributed by atoms with Gasteiger partial charge in [-0.1, -0.05) is 129 Å². The third-order valence-corrected chi connectivity index (χ3v) is 15.2. The van der Waals surface area contributed by atoms with Crippen LogP contribution in [0.2, 0.25) is 15.1 Å². The molecule has 0 radical (unpaired) electrons. The van der Waals surface area contributed by atoms with Crippen LogP contribution < -0.4 is 10.4 Å². The van der Waals surface area contributed by atoms with Crippen LogP contribution in [-0.2, 0) is 29.1 Å². The molecule has 1 aliphatic heterocycles. The van der Waals surface area contributed by atoms with Gasteiger partial charge in [0.05, 0.1) is 31.3 Å². The average Bonchev–Trinajstić information content (AvgIpc) is 3.49. The van der Waals surface area contributed by atoms with Crippen LogP contribution in [0.1, 0.15) is 50.4 Å². The Kier molecular flexibility index (Phi) is 9.50. The predicted molar refractivity (Wildman–Crippen MR) is 195 cm³/mol. The third kappa shape index (κ3) is 6.32. The lowest BCUT2D eigenvalue weighted by molar-refractivity contribution is -0.136. The largest absolute Gasteiger partial charge is 0.405 e. The summed E-state index contributed by atoms with van der Waals surface area (Å²) in [5, 5.41) is 7.66. The van der Waals surface area contributed by atoms with Crippen LogP contribution in [0.4, 0.5) is 0 Å². The van der Waals surface area contributed by atoms with E-state index in [4.69, 9.17) is 27.6 Å². The molecule has 1 aliphatic rings. The molecule has 1 amide bonds. The first kappa shape index (κ1) is 33.2. The van der Waals surface area contributed by atoms with Gasteiger partial charge in [0.25, 0.3) is 8.32 Å². The quantitative estimate of drug-likeness (QED) is 0.156. The average molecular weight is 683 g/mol. The third-order valence-electron chi connectivity index (χ3n) is 9.52. The summed E-state index contributed by atoms with van der Waals surface area (Å²) in [6.45, 7) is 9.33. The smallest absolute Gasteiger partial charge is 0.261 e. The molecule has 2 atom stereocenters. The van der Waals surface area contributed by atoms with Gasteiger partial charge in [-0.05, 0) is 63.1 Å². The number of amides is 1. The zero-order valence-corrected chi connectivity index (χ0v) is 30.1. The lowest BCUT2D eigenvalue weighted by Gasteiger charge is -2.47. The molecule has 6 rings (SSSR count). The topological polar surface area (TPSA) is 47.4 Å². The van der Waals surface area contributed by atoms with Crippen LogP contribution in [-0.4, -0.2) is 41.6 Å². The van der Waals surface area contributed by atoms with Crippen molar-refractivity contribution in [2.75, 3.05) is 6.61 Å². The molecule has 0 aliphatic carbocycles. The molecular weight excluding hydrogens is 641 g/mol. The van der Waals surface area contributed by atoms with Gasteiger partial charge in [0.1, 0.15) is 0 Å². The molecule has 0 fully saturated rings. The number of benzene rings is 4. The fourth-order valence-corrected chi connectivity index (χ4v) is 12.5. The summed E-state index contributed by atoms with van der Waals surface area (Å²) in [4.78, 5) is 16.5. The second kappa shape index (κ2) is 13.4. The molecule has 4 aromatic carbocycles. The van der Waals surface area contributed by atoms with E-state index >= 15 is 0 Å². The number of nitrogens with zero attached hydrogens (tertiary/aromatic N) is 3. The number of aryl methyl sites for hydroxylation is 1. The van der Waals surface area contributed by atoms with E-state index in [2.05, 4.69) is 112 Å². The van der Waals surface area contributed by atoms with E-state index < -0.39 is 8.32 Å². The van der Waals surface area contributed by atoms with Gasteiger partial charge in [-0.15, -0.1) is 0 Å². The molecule has 2 heterocycles. The minimum Gasteiger partial charge on any atom is -0.405 e. The molecule has 47 heavy (non-hydrogen) atoms. The van der Waals surface area contributed by atoms with E-state index in [0.717, 1.165) is 16.7 Å². The van der Waals surface area contributed by atoms with E-state index in [1.807, 2.05) is 29.0 Å². The molecule has 1 aromatic heterocycles. The SMILES string of the molecule is C[C@H]1c2cccc(-c3cnn(C)c3)c2C[C@H](CO[Si](c2ccccc2)(c2ccccc2)C(C)(C)C)N1C(=O)Cc1c(Cl)cccc1Cl. The fourth-order valence-electron chi connectivity index (χ4n) is 7.34. The Balaban J connectivity index is 1.46. The van der Waals surface area contributed by atoms with Gasteiger partial charge in [-0.25, -0.2) is 0 Å². The summed E-state index contributed by atoms with van der Waals surface area (Å²) in [7, 11) is -0.938. The standard InChI is InChI=1S/C39H41Cl2N3O2Si/c1-27-32-18-12-19-33(28-24-42-43(5)25-28)34(32)22-29(44(27)38(45)23-35-36(40)20-13-21-37(35)41)26-46-47(39(2,3)4,30-14-8-6-9-15-30)31-16-10-7-11-17-31/h6-21,24-25,27,29H,22-23,26H2,1-5H3/t27-,29+/m0/s1. The molecule has 0 saturated heterocycles. The Morgan fingerprint density at radius 1 is 0.894 bits per heavy atom. The number of halogens is 2. The number of hydrogen-bond acceptors (Lipinski definition) is 3. The van der Waals surface area contributed by atoms with Crippen molar-refractivity contribution in [1.82, 2.24) is 14.7 Å². The van der Waals surface area contributed by atoms with Crippen LogP contribution in [0, 0.1) is 0 Å². The zero-order chi connectivity index (χ0) is 33.3. The van der Waals surface area contributed by atoms with Crippen molar-refractivity contribution < 1.29 is 9.22 Å². The van der Waals surface area contributed by atoms with Gasteiger partial charge < -0.3 is 9.33 Å². The van der Waals surface area contributed by atoms with E-state index in [9.17, 15) is 4.79 Å². The van der Waals surface area contributed by atoms with Gasteiger partial charge in [-0.2, -0.15) is 5.10 Å². The Hall–Kier alpha value is -3.68. The summed E-state index contributed by atoms with van der Waals surface area (Å²) in [5.74, 6) is -0.0269. The van der Waals surface area contributed by atoms with Gasteiger partial charge in [0.15, 0.2) is 0 Å². The van der Waals surface area contributed by atoms with Crippen molar-refractivity contribution >= 4 is 47.8 Å². The van der Waals surface area contributed by atoms with E-state index in [1.165, 1.54) is 15.9 Å². The van der Waals surface area contributed by atoms with E-state index in [1.54, 1.807) is 18.2 Å². The van der Waals surface area contributed by atoms with Crippen molar-refractivity contribution in [1.29, 1.82) is 0 Å². The molecule has 0 spiro atoms. The van der Waals surface area contributed by atoms with Gasteiger partial charge in [0, 0.05) is 28.9 Å². The fraction of sp³-hybridized carbons (Fsp3) is 0.282. The van der Waals surface area contributed by atoms with E-state index in [0.29, 0.717) is 28.6 Å². The Labute approximate surface area is 289 Å². The van der Waals surface area contributed by atoms with Crippen LogP contribution in [0.3, 0.4) is 0 Å². The van der Waals surface area contributed by atoms with Crippen LogP contribution in [0.15, 0.2) is 109 Å². The molecule has 5 nitrogen and oxygen atoms in total. The number of carbonyl (C=O) groups excluding carboxylic acids is 1. The first-order valence-electron chi connectivity index (χ1n) is 16.1. The minimum absolute atomic E-state index is 0.0269. The summed E-state index contributed by atoms with van der Waals surface area (Å²) in [6, 6.07) is 32.6. The maximum atomic E-state index is 14.5. The molecular formula is C39H41Cl2N3O2Si. The van der Waals surface area contributed by atoms with E-state index in [-0.39, 0.29) is 29.4 Å². The van der Waals surface area contributed by atoms with Crippen LogP contribution >= 0.6 is 23.2 Å². The predicted octanol–water partition coefficient (Wildman–Crippen LogP) is 8.03. The zero-order valence-electron chi connectivity index (χ0n) is 27.6. The van der Waals surface area contributed by atoms with Crippen molar-refractivity contribution in [2.45, 2.75) is 57.7 Å². The molecule has 0 unspecified atom stereocenters. The minimum atomic E-state index is -2.87. The monoisotopic (exact) mass is 681 g/mol. The second-order valence-corrected chi connectivity index (χ2v) is 18.6. The first-order chi connectivity index (χ1) is 22.5. The van der Waals surface area contributed by atoms with Crippen molar-refractivity contribution in [2.24, 2.45) is 7.05 Å². The van der Waals surface area contributed by atoms with Crippen LogP contribution in [0.5, 0.6) is 0 Å². The maximum Gasteiger partial charge on any atom is 0.261 e. The highest BCUT2D eigenvalue weighted by atomic mass is 35.5. The Morgan fingerprint density at radius 2 is 1.49 bits per heavy atom. The number of aromatic nitrogens is 2. The highest BCUT2D eigenvalue weighted by Gasteiger charge is 2.51. The van der Waals surface area contributed by atoms with Crippen molar-refractivity contribution in [3.8, 4) is 11.1 Å². The van der Waals surface area contributed by atoms with Crippen molar-refractivity contribution in [3.05, 3.63) is 136 Å². The number of fused-ring (bicyclic) bond motifs is 1. The van der Waals surface area contributed by atoms with Crippen LogP contribution in [0.25, 0.3) is 11.1 Å². The Bertz CT molecular complexity index is 1810. The molecule has 0 bridgehead atoms. The summed E-state index contributed by atoms with van der Waals surface area (Å²) in [6.07, 6.45) is 4.71. The second-order valence-electron chi connectivity index (χ2n) is 13.5. The summed E-state index contributed by atoms with van der Waals surface area (Å²) >= 11 is 13.2. The maximum absolute atomic E-state index is 14.5. The van der Waals surface area contributed by atoms with Crippen molar-refractivity contribution in [3.63, 3.8) is 0 Å². The van der Waals surface area contributed by atoms with Gasteiger partial charge in [0.2, 0.25) is 5.91 Å².